The minimum atomic E-state index is -1.10. The normalized spacial score (nSPS) is 10.4. The second-order valence-electron chi connectivity index (χ2n) is 3.85. The molecule has 2 aromatic heterocycles. The molecule has 0 aliphatic carbocycles. The molecule has 0 aliphatic heterocycles. The Kier molecular flexibility index (Phi) is 4.28. The largest absolute Gasteiger partial charge is 0.476 e. The predicted molar refractivity (Wildman–Crippen MR) is 75.3 cm³/mol. The number of amides is 1. The third kappa shape index (κ3) is 3.39. The van der Waals surface area contributed by atoms with Gasteiger partial charge in [-0.3, -0.25) is 10.1 Å². The molecule has 0 saturated heterocycles. The zero-order valence-corrected chi connectivity index (χ0v) is 11.8. The lowest BCUT2D eigenvalue weighted by molar-refractivity contribution is 0.0691. The van der Waals surface area contributed by atoms with E-state index in [1.807, 2.05) is 6.07 Å². The van der Waals surface area contributed by atoms with Crippen LogP contribution >= 0.6 is 22.7 Å². The number of rotatable bonds is 5. The number of hydrogen-bond acceptors (Lipinski definition) is 5. The number of nitrogens with zero attached hydrogens (tertiary/aromatic N) is 1. The Labute approximate surface area is 117 Å². The molecule has 2 rings (SSSR count). The molecule has 0 spiro atoms. The van der Waals surface area contributed by atoms with Gasteiger partial charge in [0.25, 0.3) is 5.91 Å². The summed E-state index contributed by atoms with van der Waals surface area (Å²) in [6, 6.07) is 1.86. The third-order valence-electron chi connectivity index (χ3n) is 2.36. The van der Waals surface area contributed by atoms with Gasteiger partial charge in [-0.1, -0.05) is 13.3 Å². The first-order chi connectivity index (χ1) is 9.10. The monoisotopic (exact) mass is 296 g/mol. The van der Waals surface area contributed by atoms with Gasteiger partial charge in [0.1, 0.15) is 0 Å². The van der Waals surface area contributed by atoms with Crippen LogP contribution in [0.4, 0.5) is 5.13 Å². The molecule has 0 radical (unpaired) electrons. The van der Waals surface area contributed by atoms with E-state index in [-0.39, 0.29) is 11.6 Å². The molecular weight excluding hydrogens is 284 g/mol. The summed E-state index contributed by atoms with van der Waals surface area (Å²) in [5, 5.41) is 14.8. The maximum atomic E-state index is 11.9. The number of aromatic nitrogens is 1. The molecule has 5 nitrogen and oxygen atoms in total. The number of carboxylic acids is 1. The maximum absolute atomic E-state index is 11.9. The number of carboxylic acid groups (broad SMARTS) is 1. The summed E-state index contributed by atoms with van der Waals surface area (Å²) in [7, 11) is 0. The molecule has 0 saturated carbocycles. The topological polar surface area (TPSA) is 79.3 Å². The van der Waals surface area contributed by atoms with Crippen molar-refractivity contribution in [3.63, 3.8) is 0 Å². The molecule has 2 heterocycles. The first-order valence-electron chi connectivity index (χ1n) is 5.67. The molecule has 7 heteroatoms. The van der Waals surface area contributed by atoms with Crippen molar-refractivity contribution in [3.8, 4) is 0 Å². The van der Waals surface area contributed by atoms with Crippen molar-refractivity contribution >= 4 is 39.7 Å². The minimum absolute atomic E-state index is 0.0581. The molecular formula is C12H12N2O3S2. The van der Waals surface area contributed by atoms with Crippen LogP contribution in [-0.2, 0) is 6.42 Å². The van der Waals surface area contributed by atoms with Gasteiger partial charge in [-0.25, -0.2) is 9.78 Å². The van der Waals surface area contributed by atoms with E-state index >= 15 is 0 Å². The Hall–Kier alpha value is -1.73. The van der Waals surface area contributed by atoms with Crippen LogP contribution in [-0.4, -0.2) is 22.0 Å². The zero-order chi connectivity index (χ0) is 13.8. The van der Waals surface area contributed by atoms with Gasteiger partial charge >= 0.3 is 5.97 Å². The van der Waals surface area contributed by atoms with E-state index in [4.69, 9.17) is 5.11 Å². The van der Waals surface area contributed by atoms with Crippen LogP contribution in [0.15, 0.2) is 16.8 Å². The lowest BCUT2D eigenvalue weighted by Crippen LogP contribution is -2.11. The summed E-state index contributed by atoms with van der Waals surface area (Å²) in [5.41, 5.74) is 0.526. The molecule has 19 heavy (non-hydrogen) atoms. The molecule has 0 unspecified atom stereocenters. The standard InChI is InChI=1S/C12H12N2O3S2/c1-2-3-8-4-7(5-18-8)10(15)14-12-13-9(6-19-12)11(16)17/h4-6H,2-3H2,1H3,(H,16,17)(H,13,14,15). The number of aromatic carboxylic acids is 1. The Morgan fingerprint density at radius 2 is 2.16 bits per heavy atom. The Bertz CT molecular complexity index is 604. The van der Waals surface area contributed by atoms with Gasteiger partial charge in [-0.15, -0.1) is 22.7 Å². The average Bonchev–Trinajstić information content (AvgIpc) is 2.98. The highest BCUT2D eigenvalue weighted by molar-refractivity contribution is 7.14. The van der Waals surface area contributed by atoms with Gasteiger partial charge in [0.2, 0.25) is 0 Å². The third-order valence-corrected chi connectivity index (χ3v) is 4.11. The average molecular weight is 296 g/mol. The van der Waals surface area contributed by atoms with Crippen LogP contribution in [0.5, 0.6) is 0 Å². The highest BCUT2D eigenvalue weighted by Gasteiger charge is 2.13. The number of anilines is 1. The summed E-state index contributed by atoms with van der Waals surface area (Å²) in [4.78, 5) is 27.6. The number of hydrogen-bond donors (Lipinski definition) is 2. The van der Waals surface area contributed by atoms with E-state index in [0.29, 0.717) is 10.7 Å². The van der Waals surface area contributed by atoms with Crippen LogP contribution in [0.2, 0.25) is 0 Å². The van der Waals surface area contributed by atoms with Gasteiger partial charge < -0.3 is 5.11 Å². The molecule has 100 valence electrons. The molecule has 0 atom stereocenters. The molecule has 2 aromatic rings. The minimum Gasteiger partial charge on any atom is -0.476 e. The molecule has 0 aliphatic rings. The van der Waals surface area contributed by atoms with Crippen molar-refractivity contribution < 1.29 is 14.7 Å². The van der Waals surface area contributed by atoms with E-state index in [9.17, 15) is 9.59 Å². The Morgan fingerprint density at radius 3 is 2.79 bits per heavy atom. The quantitative estimate of drug-likeness (QED) is 0.888. The highest BCUT2D eigenvalue weighted by atomic mass is 32.1. The fourth-order valence-corrected chi connectivity index (χ4v) is 3.13. The summed E-state index contributed by atoms with van der Waals surface area (Å²) in [6.07, 6.45) is 1.99. The van der Waals surface area contributed by atoms with Crippen molar-refractivity contribution in [3.05, 3.63) is 33.0 Å². The molecule has 2 N–H and O–H groups in total. The number of carbonyl (C=O) groups is 2. The molecule has 0 fully saturated rings. The van der Waals surface area contributed by atoms with Crippen molar-refractivity contribution in [1.29, 1.82) is 0 Å². The van der Waals surface area contributed by atoms with Gasteiger partial charge in [0.15, 0.2) is 10.8 Å². The lowest BCUT2D eigenvalue weighted by atomic mass is 10.2. The lowest BCUT2D eigenvalue weighted by Gasteiger charge is -1.97. The smallest absolute Gasteiger partial charge is 0.355 e. The number of thiophene rings is 1. The van der Waals surface area contributed by atoms with Crippen LogP contribution in [0.3, 0.4) is 0 Å². The predicted octanol–water partition coefficient (Wildman–Crippen LogP) is 3.11. The SMILES string of the molecule is CCCc1cc(C(=O)Nc2nc(C(=O)O)cs2)cs1. The first-order valence-corrected chi connectivity index (χ1v) is 7.43. The number of aryl methyl sites for hydroxylation is 1. The van der Waals surface area contributed by atoms with E-state index in [2.05, 4.69) is 17.2 Å². The second kappa shape index (κ2) is 5.94. The molecule has 0 aromatic carbocycles. The van der Waals surface area contributed by atoms with Gasteiger partial charge in [-0.05, 0) is 12.5 Å². The number of nitrogens with one attached hydrogen (secondary N) is 1. The van der Waals surface area contributed by atoms with E-state index < -0.39 is 5.97 Å². The molecule has 1 amide bonds. The Balaban J connectivity index is 2.04. The van der Waals surface area contributed by atoms with Crippen LogP contribution in [0, 0.1) is 0 Å². The maximum Gasteiger partial charge on any atom is 0.355 e. The summed E-state index contributed by atoms with van der Waals surface area (Å²) < 4.78 is 0. The highest BCUT2D eigenvalue weighted by Crippen LogP contribution is 2.20. The van der Waals surface area contributed by atoms with Gasteiger partial charge in [0.05, 0.1) is 5.56 Å². The molecule has 0 bridgehead atoms. The number of carbonyl (C=O) groups excluding carboxylic acids is 1. The summed E-state index contributed by atoms with van der Waals surface area (Å²) >= 11 is 2.65. The second-order valence-corrected chi connectivity index (χ2v) is 5.70. The Morgan fingerprint density at radius 1 is 1.37 bits per heavy atom. The van der Waals surface area contributed by atoms with Crippen molar-refractivity contribution in [2.75, 3.05) is 5.32 Å². The van der Waals surface area contributed by atoms with E-state index in [1.54, 1.807) is 16.7 Å². The van der Waals surface area contributed by atoms with Gasteiger partial charge in [-0.2, -0.15) is 0 Å². The van der Waals surface area contributed by atoms with Crippen molar-refractivity contribution in [2.24, 2.45) is 0 Å². The van der Waals surface area contributed by atoms with Crippen LogP contribution in [0.1, 0.15) is 39.1 Å². The van der Waals surface area contributed by atoms with Crippen LogP contribution < -0.4 is 5.32 Å². The summed E-state index contributed by atoms with van der Waals surface area (Å²) in [5.74, 6) is -1.36. The zero-order valence-electron chi connectivity index (χ0n) is 10.2. The van der Waals surface area contributed by atoms with Crippen molar-refractivity contribution in [1.82, 2.24) is 4.98 Å². The number of thiazole rings is 1. The fraction of sp³-hybridized carbons (Fsp3) is 0.250. The van der Waals surface area contributed by atoms with E-state index in [1.165, 1.54) is 5.38 Å². The summed E-state index contributed by atoms with van der Waals surface area (Å²) in [6.45, 7) is 2.09. The van der Waals surface area contributed by atoms with Crippen LogP contribution in [0.25, 0.3) is 0 Å². The van der Waals surface area contributed by atoms with Gasteiger partial charge in [0, 0.05) is 15.6 Å². The fourth-order valence-electron chi connectivity index (χ4n) is 1.48. The van der Waals surface area contributed by atoms with Crippen molar-refractivity contribution in [2.45, 2.75) is 19.8 Å². The van der Waals surface area contributed by atoms with E-state index in [0.717, 1.165) is 29.1 Å². The first kappa shape index (κ1) is 13.7.